The van der Waals surface area contributed by atoms with Crippen LogP contribution in [0.2, 0.25) is 0 Å². The van der Waals surface area contributed by atoms with Gasteiger partial charge in [-0.2, -0.15) is 0 Å². The summed E-state index contributed by atoms with van der Waals surface area (Å²) in [6.45, 7) is 10.3. The largest absolute Gasteiger partial charge is 0.445 e. The first kappa shape index (κ1) is 26.3. The van der Waals surface area contributed by atoms with Gasteiger partial charge in [-0.1, -0.05) is 57.2 Å². The third-order valence-corrected chi connectivity index (χ3v) is 7.04. The zero-order chi connectivity index (χ0) is 26.6. The lowest BCUT2D eigenvalue weighted by molar-refractivity contribution is 0.0540. The number of hydrogen-bond donors (Lipinski definition) is 1. The maximum Gasteiger partial charge on any atom is 0.411 e. The molecule has 0 unspecified atom stereocenters. The van der Waals surface area contributed by atoms with Crippen LogP contribution < -0.4 is 5.73 Å². The topological polar surface area (TPSA) is 103 Å². The number of nitrogens with zero attached hydrogens (tertiary/aromatic N) is 4. The van der Waals surface area contributed by atoms with Crippen molar-refractivity contribution in [2.75, 3.05) is 18.8 Å². The van der Waals surface area contributed by atoms with Gasteiger partial charge in [-0.3, -0.25) is 4.57 Å². The number of likely N-dealkylation sites (tertiary alicyclic amines) is 1. The van der Waals surface area contributed by atoms with Crippen LogP contribution in [0.5, 0.6) is 0 Å². The molecule has 0 saturated carbocycles. The highest BCUT2D eigenvalue weighted by molar-refractivity contribution is 5.79. The molecule has 2 N–H and O–H groups in total. The molecule has 0 spiro atoms. The van der Waals surface area contributed by atoms with Gasteiger partial charge in [0.05, 0.1) is 11.0 Å². The summed E-state index contributed by atoms with van der Waals surface area (Å²) >= 11 is 0. The fourth-order valence-corrected chi connectivity index (χ4v) is 4.36. The number of amides is 2. The Morgan fingerprint density at radius 1 is 1.05 bits per heavy atom. The number of benzene rings is 2. The highest BCUT2D eigenvalue weighted by Gasteiger charge is 2.31. The summed E-state index contributed by atoms with van der Waals surface area (Å²) in [6.07, 6.45) is 1.29. The van der Waals surface area contributed by atoms with Gasteiger partial charge >= 0.3 is 12.2 Å². The number of fused-ring (bicyclic) bond motifs is 1. The number of hydrogen-bond acceptors (Lipinski definition) is 6. The molecule has 0 bridgehead atoms. The molecule has 198 valence electrons. The van der Waals surface area contributed by atoms with Crippen LogP contribution in [0.15, 0.2) is 48.5 Å². The Bertz CT molecular complexity index is 1230. The maximum absolute atomic E-state index is 13.2. The summed E-state index contributed by atoms with van der Waals surface area (Å²) in [5.41, 5.74) is 9.28. The second-order valence-corrected chi connectivity index (χ2v) is 10.7. The molecule has 1 aromatic heterocycles. The van der Waals surface area contributed by atoms with Crippen molar-refractivity contribution in [3.8, 4) is 0 Å². The molecule has 2 amide bonds. The molecule has 2 heterocycles. The fraction of sp³-hybridized carbons (Fsp3) is 0.464. The molecular formula is C28H37N5O4. The SMILES string of the molecule is C[C@H](N(Cc1ccc2c(c1)nc(N)n2COC(=O)N1CCCC1)C(=O)OCc1ccccc1)C(C)(C)C. The first-order valence-electron chi connectivity index (χ1n) is 12.8. The number of rotatable bonds is 7. The minimum atomic E-state index is -0.370. The Morgan fingerprint density at radius 2 is 1.76 bits per heavy atom. The quantitative estimate of drug-likeness (QED) is 0.460. The van der Waals surface area contributed by atoms with Gasteiger partial charge in [0.2, 0.25) is 5.95 Å². The molecule has 1 atom stereocenters. The number of carbonyl (C=O) groups is 2. The lowest BCUT2D eigenvalue weighted by Crippen LogP contribution is -2.45. The molecule has 2 aromatic carbocycles. The summed E-state index contributed by atoms with van der Waals surface area (Å²) in [5.74, 6) is 0.267. The fourth-order valence-electron chi connectivity index (χ4n) is 4.36. The summed E-state index contributed by atoms with van der Waals surface area (Å²) in [5, 5.41) is 0. The first-order chi connectivity index (χ1) is 17.6. The molecule has 1 aliphatic rings. The van der Waals surface area contributed by atoms with E-state index >= 15 is 0 Å². The van der Waals surface area contributed by atoms with E-state index < -0.39 is 0 Å². The molecule has 37 heavy (non-hydrogen) atoms. The Morgan fingerprint density at radius 3 is 2.43 bits per heavy atom. The molecular weight excluding hydrogens is 470 g/mol. The van der Waals surface area contributed by atoms with Gasteiger partial charge in [-0.05, 0) is 48.4 Å². The highest BCUT2D eigenvalue weighted by atomic mass is 16.6. The molecule has 9 nitrogen and oxygen atoms in total. The third-order valence-electron chi connectivity index (χ3n) is 7.04. The van der Waals surface area contributed by atoms with E-state index in [2.05, 4.69) is 25.8 Å². The lowest BCUT2D eigenvalue weighted by atomic mass is 9.87. The zero-order valence-electron chi connectivity index (χ0n) is 22.1. The van der Waals surface area contributed by atoms with Crippen LogP contribution in [0, 0.1) is 5.41 Å². The zero-order valence-corrected chi connectivity index (χ0v) is 22.1. The number of carbonyl (C=O) groups excluding carboxylic acids is 2. The van der Waals surface area contributed by atoms with Crippen LogP contribution in [0.1, 0.15) is 51.7 Å². The van der Waals surface area contributed by atoms with Crippen LogP contribution in [0.25, 0.3) is 11.0 Å². The van der Waals surface area contributed by atoms with Crippen LogP contribution in [-0.2, 0) is 29.4 Å². The van der Waals surface area contributed by atoms with Gasteiger partial charge in [-0.25, -0.2) is 14.6 Å². The molecule has 9 heteroatoms. The molecule has 4 rings (SSSR count). The Labute approximate surface area is 218 Å². The molecule has 1 saturated heterocycles. The molecule has 0 aliphatic carbocycles. The second-order valence-electron chi connectivity index (χ2n) is 10.7. The van der Waals surface area contributed by atoms with Crippen molar-refractivity contribution in [1.82, 2.24) is 19.4 Å². The number of anilines is 1. The molecule has 1 aliphatic heterocycles. The van der Waals surface area contributed by atoms with Gasteiger partial charge < -0.3 is 25.0 Å². The van der Waals surface area contributed by atoms with E-state index in [0.29, 0.717) is 12.1 Å². The van der Waals surface area contributed by atoms with Crippen molar-refractivity contribution in [2.45, 2.75) is 66.5 Å². The summed E-state index contributed by atoms with van der Waals surface area (Å²) in [6, 6.07) is 15.3. The van der Waals surface area contributed by atoms with E-state index in [1.165, 1.54) is 0 Å². The van der Waals surface area contributed by atoms with E-state index in [0.717, 1.165) is 42.6 Å². The standard InChI is InChI=1S/C28H37N5O4/c1-20(28(2,3)4)32(27(35)36-18-21-10-6-5-7-11-21)17-22-12-13-24-23(16-22)30-25(29)33(24)19-37-26(34)31-14-8-9-15-31/h5-7,10-13,16,20H,8-9,14-15,17-19H2,1-4H3,(H2,29,30)/t20-/m0/s1. The minimum absolute atomic E-state index is 0.00396. The maximum atomic E-state index is 13.2. The van der Waals surface area contributed by atoms with Crippen LogP contribution in [-0.4, -0.2) is 50.7 Å². The Kier molecular flexibility index (Phi) is 7.90. The average Bonchev–Trinajstić information content (AvgIpc) is 3.51. The smallest absolute Gasteiger partial charge is 0.411 e. The van der Waals surface area contributed by atoms with Crippen molar-refractivity contribution in [3.63, 3.8) is 0 Å². The summed E-state index contributed by atoms with van der Waals surface area (Å²) in [4.78, 5) is 33.4. The van der Waals surface area contributed by atoms with Crippen molar-refractivity contribution >= 4 is 29.2 Å². The third kappa shape index (κ3) is 6.34. The summed E-state index contributed by atoms with van der Waals surface area (Å²) in [7, 11) is 0. The second kappa shape index (κ2) is 11.1. The number of nitrogens with two attached hydrogens (primary N) is 1. The van der Waals surface area contributed by atoms with Gasteiger partial charge in [0.25, 0.3) is 0 Å². The normalized spacial score (nSPS) is 14.5. The number of aromatic nitrogens is 2. The van der Waals surface area contributed by atoms with Gasteiger partial charge in [0.1, 0.15) is 6.61 Å². The molecule has 0 radical (unpaired) electrons. The van der Waals surface area contributed by atoms with Crippen molar-refractivity contribution in [1.29, 1.82) is 0 Å². The Hall–Kier alpha value is -3.75. The van der Waals surface area contributed by atoms with Crippen LogP contribution in [0.4, 0.5) is 15.5 Å². The Balaban J connectivity index is 1.49. The molecule has 1 fully saturated rings. The van der Waals surface area contributed by atoms with Gasteiger partial charge in [0.15, 0.2) is 6.73 Å². The highest BCUT2D eigenvalue weighted by Crippen LogP contribution is 2.28. The van der Waals surface area contributed by atoms with E-state index in [4.69, 9.17) is 15.2 Å². The van der Waals surface area contributed by atoms with E-state index in [1.54, 1.807) is 14.4 Å². The molecule has 3 aromatic rings. The lowest BCUT2D eigenvalue weighted by Gasteiger charge is -2.37. The van der Waals surface area contributed by atoms with Crippen LogP contribution >= 0.6 is 0 Å². The predicted molar refractivity (Wildman–Crippen MR) is 143 cm³/mol. The van der Waals surface area contributed by atoms with Crippen molar-refractivity contribution in [3.05, 3.63) is 59.7 Å². The van der Waals surface area contributed by atoms with E-state index in [1.807, 2.05) is 55.5 Å². The van der Waals surface area contributed by atoms with E-state index in [9.17, 15) is 9.59 Å². The first-order valence-corrected chi connectivity index (χ1v) is 12.8. The summed E-state index contributed by atoms with van der Waals surface area (Å²) < 4.78 is 12.8. The monoisotopic (exact) mass is 507 g/mol. The average molecular weight is 508 g/mol. The van der Waals surface area contributed by atoms with Crippen molar-refractivity contribution < 1.29 is 19.1 Å². The van der Waals surface area contributed by atoms with Crippen LogP contribution in [0.3, 0.4) is 0 Å². The minimum Gasteiger partial charge on any atom is -0.445 e. The number of nitrogen functional groups attached to an aromatic ring is 1. The number of imidazole rings is 1. The van der Waals surface area contributed by atoms with Crippen molar-refractivity contribution in [2.24, 2.45) is 5.41 Å². The van der Waals surface area contributed by atoms with Gasteiger partial charge in [0, 0.05) is 25.7 Å². The predicted octanol–water partition coefficient (Wildman–Crippen LogP) is 5.38. The number of ether oxygens (including phenoxy) is 2. The van der Waals surface area contributed by atoms with Gasteiger partial charge in [-0.15, -0.1) is 0 Å². The van der Waals surface area contributed by atoms with E-state index in [-0.39, 0.29) is 42.9 Å².